The summed E-state index contributed by atoms with van der Waals surface area (Å²) in [4.78, 5) is 0. The molecule has 20 heavy (non-hydrogen) atoms. The summed E-state index contributed by atoms with van der Waals surface area (Å²) < 4.78 is 0. The maximum absolute atomic E-state index is 3.42. The largest absolute Gasteiger partial charge is 0.317 e. The zero-order valence-corrected chi connectivity index (χ0v) is 13.6. The first-order valence-corrected chi connectivity index (χ1v) is 8.39. The van der Waals surface area contributed by atoms with Crippen LogP contribution >= 0.6 is 0 Å². The third kappa shape index (κ3) is 17.6. The van der Waals surface area contributed by atoms with Gasteiger partial charge in [-0.2, -0.15) is 0 Å². The monoisotopic (exact) mass is 284 g/mol. The summed E-state index contributed by atoms with van der Waals surface area (Å²) >= 11 is 0. The zero-order valence-electron chi connectivity index (χ0n) is 13.6. The van der Waals surface area contributed by atoms with E-state index in [1.165, 1.54) is 25.7 Å². The molecule has 0 aliphatic heterocycles. The lowest BCUT2D eigenvalue weighted by Crippen LogP contribution is -2.23. The van der Waals surface area contributed by atoms with E-state index in [2.05, 4.69) is 47.3 Å². The predicted molar refractivity (Wildman–Crippen MR) is 90.4 cm³/mol. The van der Waals surface area contributed by atoms with E-state index in [1.54, 1.807) is 0 Å². The molecule has 0 aromatic rings. The van der Waals surface area contributed by atoms with Gasteiger partial charge in [-0.05, 0) is 65.0 Å². The third-order valence-corrected chi connectivity index (χ3v) is 2.96. The molecule has 0 atom stereocenters. The Morgan fingerprint density at radius 3 is 1.35 bits per heavy atom. The van der Waals surface area contributed by atoms with E-state index in [-0.39, 0.29) is 0 Å². The molecule has 120 valence electrons. The lowest BCUT2D eigenvalue weighted by molar-refractivity contribution is 0.606. The Bertz CT molecular complexity index is 175. The molecule has 4 heteroatoms. The molecule has 0 rings (SSSR count). The fraction of sp³-hybridized carbons (Fsp3) is 0.875. The van der Waals surface area contributed by atoms with Crippen molar-refractivity contribution >= 4 is 0 Å². The first-order chi connectivity index (χ1) is 9.91. The third-order valence-electron chi connectivity index (χ3n) is 2.96. The summed E-state index contributed by atoms with van der Waals surface area (Å²) in [6, 6.07) is 0. The maximum atomic E-state index is 3.42. The molecule has 0 saturated heterocycles. The Morgan fingerprint density at radius 1 is 0.550 bits per heavy atom. The Hall–Kier alpha value is -0.420. The standard InChI is InChI=1S/C16H36N4/c1-3-9-17-13-7-15-19-11-5-6-12-20-16-8-14-18-10-4-2/h5-6,17-20H,3-4,7-16H2,1-2H3. The predicted octanol–water partition coefficient (Wildman–Crippen LogP) is 1.50. The quantitative estimate of drug-likeness (QED) is 0.256. The minimum Gasteiger partial charge on any atom is -0.317 e. The molecular formula is C16H36N4. The maximum Gasteiger partial charge on any atom is 0.0135 e. The van der Waals surface area contributed by atoms with Crippen LogP contribution in [0.4, 0.5) is 0 Å². The molecule has 0 bridgehead atoms. The van der Waals surface area contributed by atoms with Gasteiger partial charge in [0.1, 0.15) is 0 Å². The summed E-state index contributed by atoms with van der Waals surface area (Å²) in [6.45, 7) is 13.1. The van der Waals surface area contributed by atoms with Gasteiger partial charge in [0.05, 0.1) is 0 Å². The summed E-state index contributed by atoms with van der Waals surface area (Å²) in [5.74, 6) is 0. The second-order valence-corrected chi connectivity index (χ2v) is 5.09. The average molecular weight is 284 g/mol. The Balaban J connectivity index is 3.01. The van der Waals surface area contributed by atoms with E-state index in [0.29, 0.717) is 0 Å². The molecule has 0 unspecified atom stereocenters. The van der Waals surface area contributed by atoms with Gasteiger partial charge in [0.2, 0.25) is 0 Å². The van der Waals surface area contributed by atoms with E-state index < -0.39 is 0 Å². The molecule has 0 fully saturated rings. The summed E-state index contributed by atoms with van der Waals surface area (Å²) in [7, 11) is 0. The van der Waals surface area contributed by atoms with E-state index >= 15 is 0 Å². The smallest absolute Gasteiger partial charge is 0.0135 e. The molecular weight excluding hydrogens is 248 g/mol. The summed E-state index contributed by atoms with van der Waals surface area (Å²) in [5, 5.41) is 13.7. The summed E-state index contributed by atoms with van der Waals surface area (Å²) in [5.41, 5.74) is 0. The van der Waals surface area contributed by atoms with E-state index in [1.807, 2.05) is 0 Å². The van der Waals surface area contributed by atoms with Gasteiger partial charge in [-0.3, -0.25) is 0 Å². The topological polar surface area (TPSA) is 48.1 Å². The van der Waals surface area contributed by atoms with E-state index in [9.17, 15) is 0 Å². The molecule has 0 aromatic carbocycles. The van der Waals surface area contributed by atoms with Crippen molar-refractivity contribution in [3.8, 4) is 0 Å². The fourth-order valence-electron chi connectivity index (χ4n) is 1.82. The van der Waals surface area contributed by atoms with Crippen molar-refractivity contribution in [2.45, 2.75) is 39.5 Å². The van der Waals surface area contributed by atoms with Crippen LogP contribution in [0.15, 0.2) is 12.2 Å². The van der Waals surface area contributed by atoms with Gasteiger partial charge in [0.15, 0.2) is 0 Å². The van der Waals surface area contributed by atoms with Gasteiger partial charge in [0.25, 0.3) is 0 Å². The van der Waals surface area contributed by atoms with Crippen molar-refractivity contribution in [1.82, 2.24) is 21.3 Å². The summed E-state index contributed by atoms with van der Waals surface area (Å²) in [6.07, 6.45) is 9.27. The number of rotatable bonds is 16. The molecule has 0 aliphatic carbocycles. The van der Waals surface area contributed by atoms with Crippen molar-refractivity contribution < 1.29 is 0 Å². The number of hydrogen-bond acceptors (Lipinski definition) is 4. The SMILES string of the molecule is CCCNCCCNCC=CCNCCCNCCC. The average Bonchev–Trinajstić information content (AvgIpc) is 2.47. The number of nitrogens with one attached hydrogen (secondary N) is 4. The van der Waals surface area contributed by atoms with Crippen LogP contribution in [0.5, 0.6) is 0 Å². The van der Waals surface area contributed by atoms with Crippen LogP contribution in [0.3, 0.4) is 0 Å². The van der Waals surface area contributed by atoms with Crippen molar-refractivity contribution in [2.75, 3.05) is 52.4 Å². The van der Waals surface area contributed by atoms with Crippen LogP contribution in [-0.4, -0.2) is 52.4 Å². The van der Waals surface area contributed by atoms with Crippen LogP contribution in [0.1, 0.15) is 39.5 Å². The van der Waals surface area contributed by atoms with Gasteiger partial charge in [-0.25, -0.2) is 0 Å². The highest BCUT2D eigenvalue weighted by Gasteiger charge is 1.87. The lowest BCUT2D eigenvalue weighted by atomic mass is 10.3. The van der Waals surface area contributed by atoms with Crippen LogP contribution < -0.4 is 21.3 Å². The second kappa shape index (κ2) is 18.6. The van der Waals surface area contributed by atoms with Gasteiger partial charge in [-0.1, -0.05) is 26.0 Å². The van der Waals surface area contributed by atoms with Crippen molar-refractivity contribution in [3.63, 3.8) is 0 Å². The molecule has 4 nitrogen and oxygen atoms in total. The van der Waals surface area contributed by atoms with Crippen LogP contribution in [0, 0.1) is 0 Å². The van der Waals surface area contributed by atoms with Gasteiger partial charge in [0, 0.05) is 13.1 Å². The molecule has 0 saturated carbocycles. The first kappa shape index (κ1) is 19.6. The Labute approximate surface area is 126 Å². The highest BCUT2D eigenvalue weighted by atomic mass is 14.9. The molecule has 0 radical (unpaired) electrons. The number of hydrogen-bond donors (Lipinski definition) is 4. The zero-order chi connectivity index (χ0) is 14.7. The highest BCUT2D eigenvalue weighted by Crippen LogP contribution is 1.78. The first-order valence-electron chi connectivity index (χ1n) is 8.39. The van der Waals surface area contributed by atoms with Gasteiger partial charge >= 0.3 is 0 Å². The molecule has 0 spiro atoms. The van der Waals surface area contributed by atoms with Crippen LogP contribution in [0.25, 0.3) is 0 Å². The fourth-order valence-corrected chi connectivity index (χ4v) is 1.82. The molecule has 0 amide bonds. The second-order valence-electron chi connectivity index (χ2n) is 5.09. The molecule has 0 aromatic heterocycles. The van der Waals surface area contributed by atoms with Gasteiger partial charge < -0.3 is 21.3 Å². The highest BCUT2D eigenvalue weighted by molar-refractivity contribution is 4.85. The van der Waals surface area contributed by atoms with E-state index in [0.717, 1.165) is 52.4 Å². The van der Waals surface area contributed by atoms with Crippen molar-refractivity contribution in [3.05, 3.63) is 12.2 Å². The minimum absolute atomic E-state index is 0.980. The Kier molecular flexibility index (Phi) is 18.2. The van der Waals surface area contributed by atoms with Crippen molar-refractivity contribution in [2.24, 2.45) is 0 Å². The van der Waals surface area contributed by atoms with Crippen LogP contribution in [0.2, 0.25) is 0 Å². The molecule has 0 heterocycles. The molecule has 4 N–H and O–H groups in total. The minimum atomic E-state index is 0.980. The Morgan fingerprint density at radius 2 is 0.950 bits per heavy atom. The normalized spacial score (nSPS) is 11.5. The van der Waals surface area contributed by atoms with Gasteiger partial charge in [-0.15, -0.1) is 0 Å². The molecule has 0 aliphatic rings. The van der Waals surface area contributed by atoms with Crippen LogP contribution in [-0.2, 0) is 0 Å². The van der Waals surface area contributed by atoms with Crippen molar-refractivity contribution in [1.29, 1.82) is 0 Å². The van der Waals surface area contributed by atoms with E-state index in [4.69, 9.17) is 0 Å². The lowest BCUT2D eigenvalue weighted by Gasteiger charge is -2.04.